The molecular formula is C22H16N4OS. The maximum Gasteiger partial charge on any atom is 0.205 e. The first kappa shape index (κ1) is 17.7. The van der Waals surface area contributed by atoms with Crippen molar-refractivity contribution in [2.24, 2.45) is 0 Å². The Bertz CT molecular complexity index is 1250. The Kier molecular flexibility index (Phi) is 4.30. The maximum atomic E-state index is 13.0. The lowest BCUT2D eigenvalue weighted by molar-refractivity contribution is 0.104. The zero-order chi connectivity index (χ0) is 19.8. The number of aryl methyl sites for hydroxylation is 1. The number of ketones is 1. The van der Waals surface area contributed by atoms with Gasteiger partial charge in [-0.25, -0.2) is 4.98 Å². The van der Waals surface area contributed by atoms with Gasteiger partial charge >= 0.3 is 0 Å². The first-order chi connectivity index (χ1) is 13.5. The lowest BCUT2D eigenvalue weighted by Gasteiger charge is -2.09. The topological polar surface area (TPSA) is 106 Å². The van der Waals surface area contributed by atoms with E-state index in [1.165, 1.54) is 11.3 Å². The molecule has 136 valence electrons. The number of thiophene rings is 1. The number of rotatable bonds is 3. The summed E-state index contributed by atoms with van der Waals surface area (Å²) in [6.45, 7) is 1.96. The van der Waals surface area contributed by atoms with Crippen LogP contribution in [0.15, 0.2) is 54.6 Å². The number of fused-ring (bicyclic) bond motifs is 1. The fourth-order valence-electron chi connectivity index (χ4n) is 3.18. The Morgan fingerprint density at radius 2 is 1.75 bits per heavy atom. The minimum absolute atomic E-state index is 0.129. The van der Waals surface area contributed by atoms with Crippen molar-refractivity contribution in [2.75, 3.05) is 11.5 Å². The van der Waals surface area contributed by atoms with E-state index < -0.39 is 0 Å². The number of nitrogens with two attached hydrogens (primary N) is 2. The van der Waals surface area contributed by atoms with E-state index in [-0.39, 0.29) is 17.2 Å². The Hall–Kier alpha value is -3.69. The van der Waals surface area contributed by atoms with Crippen LogP contribution in [0, 0.1) is 18.3 Å². The van der Waals surface area contributed by atoms with E-state index in [4.69, 9.17) is 11.5 Å². The molecule has 0 radical (unpaired) electrons. The third-order valence-corrected chi connectivity index (χ3v) is 5.70. The van der Waals surface area contributed by atoms with Gasteiger partial charge < -0.3 is 11.5 Å². The zero-order valence-electron chi connectivity index (χ0n) is 15.1. The summed E-state index contributed by atoms with van der Waals surface area (Å²) >= 11 is 1.20. The molecule has 4 rings (SSSR count). The molecule has 4 aromatic rings. The summed E-state index contributed by atoms with van der Waals surface area (Å²) in [6.07, 6.45) is 0. The highest BCUT2D eigenvalue weighted by molar-refractivity contribution is 7.21. The van der Waals surface area contributed by atoms with E-state index in [1.54, 1.807) is 12.1 Å². The molecule has 2 aromatic carbocycles. The molecule has 28 heavy (non-hydrogen) atoms. The van der Waals surface area contributed by atoms with Crippen LogP contribution in [0.2, 0.25) is 0 Å². The molecule has 0 aliphatic heterocycles. The van der Waals surface area contributed by atoms with E-state index >= 15 is 0 Å². The number of benzene rings is 2. The number of carbonyl (C=O) groups excluding carboxylic acids is 1. The van der Waals surface area contributed by atoms with Gasteiger partial charge in [0.1, 0.15) is 27.2 Å². The molecule has 0 spiro atoms. The normalized spacial score (nSPS) is 10.7. The number of hydrogen-bond acceptors (Lipinski definition) is 6. The summed E-state index contributed by atoms with van der Waals surface area (Å²) in [5.74, 6) is -0.0407. The van der Waals surface area contributed by atoms with Gasteiger partial charge in [0.05, 0.1) is 5.69 Å². The molecule has 0 saturated carbocycles. The highest BCUT2D eigenvalue weighted by Crippen LogP contribution is 2.43. The van der Waals surface area contributed by atoms with Crippen LogP contribution in [-0.2, 0) is 0 Å². The summed E-state index contributed by atoms with van der Waals surface area (Å²) in [7, 11) is 0. The number of hydrogen-bond donors (Lipinski definition) is 2. The average molecular weight is 384 g/mol. The van der Waals surface area contributed by atoms with Crippen LogP contribution in [0.5, 0.6) is 0 Å². The summed E-state index contributed by atoms with van der Waals surface area (Å²) < 4.78 is 0. The molecular weight excluding hydrogens is 368 g/mol. The predicted octanol–water partition coefficient (Wildman–Crippen LogP) is 4.54. The number of anilines is 2. The maximum absolute atomic E-state index is 13.0. The molecule has 0 amide bonds. The minimum Gasteiger partial charge on any atom is -0.397 e. The summed E-state index contributed by atoms with van der Waals surface area (Å²) in [5, 5.41) is 10.3. The number of nitriles is 1. The van der Waals surface area contributed by atoms with Crippen LogP contribution >= 0.6 is 11.3 Å². The van der Waals surface area contributed by atoms with Crippen LogP contribution in [0.3, 0.4) is 0 Å². The second-order valence-electron chi connectivity index (χ2n) is 6.45. The molecule has 0 unspecified atom stereocenters. The van der Waals surface area contributed by atoms with Gasteiger partial charge in [-0.15, -0.1) is 11.3 Å². The molecule has 2 heterocycles. The van der Waals surface area contributed by atoms with Gasteiger partial charge in [0.25, 0.3) is 0 Å². The van der Waals surface area contributed by atoms with Gasteiger partial charge in [-0.3, -0.25) is 4.79 Å². The number of pyridine rings is 1. The van der Waals surface area contributed by atoms with Gasteiger partial charge in [-0.1, -0.05) is 60.2 Å². The Morgan fingerprint density at radius 1 is 1.07 bits per heavy atom. The molecule has 6 heteroatoms. The van der Waals surface area contributed by atoms with Crippen LogP contribution in [0.4, 0.5) is 11.5 Å². The Balaban J connectivity index is 2.01. The van der Waals surface area contributed by atoms with E-state index in [9.17, 15) is 10.1 Å². The highest BCUT2D eigenvalue weighted by Gasteiger charge is 2.24. The molecule has 0 aliphatic rings. The minimum atomic E-state index is -0.170. The largest absolute Gasteiger partial charge is 0.397 e. The Labute approximate surface area is 165 Å². The van der Waals surface area contributed by atoms with Gasteiger partial charge in [-0.2, -0.15) is 5.26 Å². The summed E-state index contributed by atoms with van der Waals surface area (Å²) in [6, 6.07) is 18.9. The van der Waals surface area contributed by atoms with Crippen molar-refractivity contribution in [2.45, 2.75) is 6.92 Å². The molecule has 0 bridgehead atoms. The van der Waals surface area contributed by atoms with Crippen LogP contribution in [0.25, 0.3) is 21.3 Å². The molecule has 2 aromatic heterocycles. The van der Waals surface area contributed by atoms with E-state index in [0.717, 1.165) is 11.1 Å². The molecule has 5 nitrogen and oxygen atoms in total. The number of carbonyl (C=O) groups is 1. The smallest absolute Gasteiger partial charge is 0.205 e. The van der Waals surface area contributed by atoms with Crippen LogP contribution in [-0.4, -0.2) is 10.8 Å². The van der Waals surface area contributed by atoms with E-state index in [2.05, 4.69) is 11.1 Å². The van der Waals surface area contributed by atoms with Gasteiger partial charge in [-0.05, 0) is 12.5 Å². The Morgan fingerprint density at radius 3 is 2.39 bits per heavy atom. The molecule has 0 atom stereocenters. The summed E-state index contributed by atoms with van der Waals surface area (Å²) in [4.78, 5) is 18.3. The quantitative estimate of drug-likeness (QED) is 0.505. The van der Waals surface area contributed by atoms with Gasteiger partial charge in [0.15, 0.2) is 0 Å². The number of nitrogen functional groups attached to an aromatic ring is 2. The van der Waals surface area contributed by atoms with Gasteiger partial charge in [0.2, 0.25) is 5.78 Å². The van der Waals surface area contributed by atoms with E-state index in [1.807, 2.05) is 49.4 Å². The third-order valence-electron chi connectivity index (χ3n) is 4.60. The van der Waals surface area contributed by atoms with Crippen LogP contribution < -0.4 is 11.5 Å². The monoisotopic (exact) mass is 384 g/mol. The predicted molar refractivity (Wildman–Crippen MR) is 113 cm³/mol. The van der Waals surface area contributed by atoms with Crippen molar-refractivity contribution in [3.63, 3.8) is 0 Å². The zero-order valence-corrected chi connectivity index (χ0v) is 15.9. The van der Waals surface area contributed by atoms with Crippen molar-refractivity contribution in [1.82, 2.24) is 4.98 Å². The molecule has 0 aliphatic carbocycles. The van der Waals surface area contributed by atoms with Crippen molar-refractivity contribution in [3.8, 4) is 17.2 Å². The average Bonchev–Trinajstić information content (AvgIpc) is 3.03. The fourth-order valence-corrected chi connectivity index (χ4v) is 4.26. The lowest BCUT2D eigenvalue weighted by Crippen LogP contribution is -2.02. The lowest BCUT2D eigenvalue weighted by atomic mass is 9.96. The van der Waals surface area contributed by atoms with E-state index in [0.29, 0.717) is 31.9 Å². The SMILES string of the molecule is Cc1ccc(C(=O)c2sc3nc(N)c(C#N)c(-c4ccccc4)c3c2N)cc1. The highest BCUT2D eigenvalue weighted by atomic mass is 32.1. The third kappa shape index (κ3) is 2.79. The first-order valence-electron chi connectivity index (χ1n) is 8.59. The first-order valence-corrected chi connectivity index (χ1v) is 9.41. The van der Waals surface area contributed by atoms with Gasteiger partial charge in [0, 0.05) is 16.5 Å². The molecule has 0 saturated heterocycles. The van der Waals surface area contributed by atoms with Crippen molar-refractivity contribution < 1.29 is 4.79 Å². The van der Waals surface area contributed by atoms with Crippen LogP contribution in [0.1, 0.15) is 26.4 Å². The van der Waals surface area contributed by atoms with Crippen molar-refractivity contribution in [3.05, 3.63) is 76.2 Å². The second kappa shape index (κ2) is 6.80. The van der Waals surface area contributed by atoms with Crippen molar-refractivity contribution in [1.29, 1.82) is 5.26 Å². The number of aromatic nitrogens is 1. The number of nitrogens with zero attached hydrogens (tertiary/aromatic N) is 2. The summed E-state index contributed by atoms with van der Waals surface area (Å²) in [5.41, 5.74) is 16.1. The second-order valence-corrected chi connectivity index (χ2v) is 7.44. The standard InChI is InChI=1S/C22H16N4OS/c1-12-7-9-14(10-8-12)19(27)20-18(24)17-16(13-5-3-2-4-6-13)15(11-23)21(25)26-22(17)28-20/h2-10H,24H2,1H3,(H2,25,26). The fraction of sp³-hybridized carbons (Fsp3) is 0.0455. The molecule has 4 N–H and O–H groups in total. The van der Waals surface area contributed by atoms with Crippen molar-refractivity contribution >= 4 is 38.8 Å². The molecule has 0 fully saturated rings.